The van der Waals surface area contributed by atoms with Gasteiger partial charge in [0.25, 0.3) is 0 Å². The molecule has 0 aliphatic rings. The van der Waals surface area contributed by atoms with E-state index < -0.39 is 0 Å². The van der Waals surface area contributed by atoms with Crippen LogP contribution >= 0.6 is 0 Å². The molecular weight excluding hydrogens is 165 g/mol. The van der Waals surface area contributed by atoms with Crippen molar-refractivity contribution < 1.29 is 24.6 Å². The van der Waals surface area contributed by atoms with Gasteiger partial charge in [-0.05, 0) is 0 Å². The second-order valence-electron chi connectivity index (χ2n) is 1.08. The van der Waals surface area contributed by atoms with Crippen molar-refractivity contribution in [1.82, 2.24) is 0 Å². The molecule has 0 spiro atoms. The van der Waals surface area contributed by atoms with Crippen LogP contribution in [0.1, 0.15) is 0 Å². The van der Waals surface area contributed by atoms with Crippen LogP contribution in [0.4, 0.5) is 0 Å². The smallest absolute Gasteiger partial charge is 0.569 e. The van der Waals surface area contributed by atoms with Crippen LogP contribution in [-0.4, -0.2) is 5.11 Å². The molecule has 2 heteroatoms. The normalized spacial score (nSPS) is 6.00. The summed E-state index contributed by atoms with van der Waals surface area (Å²) in [6, 6.07) is 12.5. The van der Waals surface area contributed by atoms with Crippen LogP contribution < -0.4 is 0 Å². The summed E-state index contributed by atoms with van der Waals surface area (Å²) in [5.41, 5.74) is 0. The van der Waals surface area contributed by atoms with Crippen LogP contribution in [0.2, 0.25) is 0 Å². The molecule has 9 heavy (non-hydrogen) atoms. The van der Waals surface area contributed by atoms with Crippen molar-refractivity contribution in [3.8, 4) is 0 Å². The van der Waals surface area contributed by atoms with Crippen LogP contribution in [0.25, 0.3) is 0 Å². The second kappa shape index (κ2) is 10.7. The van der Waals surface area contributed by atoms with Gasteiger partial charge >= 0.3 is 19.5 Å². The summed E-state index contributed by atoms with van der Waals surface area (Å²) >= 11 is 0. The first kappa shape index (κ1) is 11.6. The molecule has 0 saturated carbocycles. The van der Waals surface area contributed by atoms with Crippen molar-refractivity contribution >= 4 is 0 Å². The first-order chi connectivity index (χ1) is 4.00. The molecule has 0 radical (unpaired) electrons. The fraction of sp³-hybridized carbons (Fsp3) is 0. The summed E-state index contributed by atoms with van der Waals surface area (Å²) in [6.07, 6.45) is 0. The van der Waals surface area contributed by atoms with Crippen LogP contribution in [-0.2, 0) is 19.5 Å². The van der Waals surface area contributed by atoms with E-state index in [-0.39, 0.29) is 19.5 Å². The first-order valence-electron chi connectivity index (χ1n) is 2.23. The standard InChI is InChI=1S/C6H5.CH3O.Zn/c1-2-4-6-5-3-1;1-2;/h1-5H;2H,1H2;/q2*-1;+2. The molecule has 1 rings (SSSR count). The van der Waals surface area contributed by atoms with E-state index in [0.717, 1.165) is 0 Å². The van der Waals surface area contributed by atoms with Gasteiger partial charge in [0.15, 0.2) is 0 Å². The fourth-order valence-corrected chi connectivity index (χ4v) is 0.342. The van der Waals surface area contributed by atoms with Crippen LogP contribution in [0.15, 0.2) is 30.3 Å². The monoisotopic (exact) mass is 172 g/mol. The minimum Gasteiger partial charge on any atom is -0.569 e. The Labute approximate surface area is 68.5 Å². The molecular formula is C7H8OZn. The summed E-state index contributed by atoms with van der Waals surface area (Å²) < 4.78 is 0. The first-order valence-corrected chi connectivity index (χ1v) is 2.23. The van der Waals surface area contributed by atoms with Crippen molar-refractivity contribution in [3.63, 3.8) is 0 Å². The quantitative estimate of drug-likeness (QED) is 0.467. The Bertz CT molecular complexity index is 80.8. The van der Waals surface area contributed by atoms with Gasteiger partial charge in [0.05, 0.1) is 0 Å². The van der Waals surface area contributed by atoms with E-state index in [1.165, 1.54) is 0 Å². The van der Waals surface area contributed by atoms with Gasteiger partial charge in [-0.15, -0.1) is 0 Å². The van der Waals surface area contributed by atoms with Gasteiger partial charge in [-0.25, -0.2) is 7.11 Å². The maximum atomic E-state index is 6.75. The molecule has 0 aliphatic carbocycles. The predicted molar refractivity (Wildman–Crippen MR) is 32.6 cm³/mol. The average Bonchev–Trinajstić information content (AvgIpc) is 1.96. The third kappa shape index (κ3) is 7.80. The molecule has 1 aromatic rings. The third-order valence-corrected chi connectivity index (χ3v) is 0.607. The van der Waals surface area contributed by atoms with E-state index in [1.807, 2.05) is 30.3 Å². The van der Waals surface area contributed by atoms with Gasteiger partial charge in [0.2, 0.25) is 0 Å². The Kier molecular flexibility index (Phi) is 13.8. The largest absolute Gasteiger partial charge is 2.00 e. The minimum atomic E-state index is 0. The molecule has 0 bridgehead atoms. The molecule has 1 aromatic carbocycles. The maximum Gasteiger partial charge on any atom is 2.00 e. The molecule has 0 atom stereocenters. The molecule has 0 heterocycles. The Morgan fingerprint density at radius 1 is 1.00 bits per heavy atom. The molecule has 1 nitrogen and oxygen atoms in total. The molecule has 0 saturated heterocycles. The summed E-state index contributed by atoms with van der Waals surface area (Å²) in [5, 5.41) is 6.75. The molecule has 0 aliphatic heterocycles. The van der Waals surface area contributed by atoms with E-state index in [9.17, 15) is 0 Å². The van der Waals surface area contributed by atoms with Crippen molar-refractivity contribution in [2.24, 2.45) is 0 Å². The summed E-state index contributed by atoms with van der Waals surface area (Å²) in [5.74, 6) is 0. The Morgan fingerprint density at radius 3 is 1.56 bits per heavy atom. The summed E-state index contributed by atoms with van der Waals surface area (Å²) in [4.78, 5) is 0. The average molecular weight is 174 g/mol. The van der Waals surface area contributed by atoms with Crippen molar-refractivity contribution in [3.05, 3.63) is 43.5 Å². The fourth-order valence-electron chi connectivity index (χ4n) is 0.342. The van der Waals surface area contributed by atoms with Gasteiger partial charge in [0, 0.05) is 0 Å². The minimum absolute atomic E-state index is 0. The maximum absolute atomic E-state index is 6.75. The number of aliphatic hydroxyl groups is 1. The van der Waals surface area contributed by atoms with Crippen molar-refractivity contribution in [1.29, 1.82) is 0 Å². The zero-order valence-electron chi connectivity index (χ0n) is 5.25. The van der Waals surface area contributed by atoms with Gasteiger partial charge in [-0.3, -0.25) is 0 Å². The number of hydrogen-bond acceptors (Lipinski definition) is 1. The van der Waals surface area contributed by atoms with Gasteiger partial charge in [0.1, 0.15) is 0 Å². The number of rotatable bonds is 0. The van der Waals surface area contributed by atoms with E-state index in [4.69, 9.17) is 5.11 Å². The molecule has 0 fully saturated rings. The van der Waals surface area contributed by atoms with E-state index in [1.54, 1.807) is 0 Å². The van der Waals surface area contributed by atoms with Gasteiger partial charge in [-0.1, -0.05) is 0 Å². The zero-order valence-corrected chi connectivity index (χ0v) is 8.22. The Morgan fingerprint density at radius 2 is 1.44 bits per heavy atom. The number of aliphatic hydroxyl groups excluding tert-OH is 1. The van der Waals surface area contributed by atoms with Crippen LogP contribution in [0, 0.1) is 13.2 Å². The van der Waals surface area contributed by atoms with Gasteiger partial charge < -0.3 is 5.11 Å². The molecule has 0 aromatic heterocycles. The number of hydrogen-bond donors (Lipinski definition) is 1. The van der Waals surface area contributed by atoms with E-state index in [2.05, 4.69) is 13.2 Å². The molecule has 0 unspecified atom stereocenters. The zero-order chi connectivity index (χ0) is 6.24. The topological polar surface area (TPSA) is 20.2 Å². The Hall–Kier alpha value is -0.197. The van der Waals surface area contributed by atoms with Crippen LogP contribution in [0.3, 0.4) is 0 Å². The van der Waals surface area contributed by atoms with Crippen molar-refractivity contribution in [2.45, 2.75) is 0 Å². The van der Waals surface area contributed by atoms with E-state index in [0.29, 0.717) is 0 Å². The van der Waals surface area contributed by atoms with Gasteiger partial charge in [-0.2, -0.15) is 36.4 Å². The second-order valence-corrected chi connectivity index (χ2v) is 1.08. The van der Waals surface area contributed by atoms with Crippen LogP contribution in [0.5, 0.6) is 0 Å². The number of benzene rings is 1. The summed E-state index contributed by atoms with van der Waals surface area (Å²) in [6.45, 7) is 0. The van der Waals surface area contributed by atoms with E-state index >= 15 is 0 Å². The van der Waals surface area contributed by atoms with Crippen molar-refractivity contribution in [2.75, 3.05) is 0 Å². The SMILES string of the molecule is [CH2-]O.[Zn+2].[c-]1ccccc1. The molecule has 44 valence electrons. The Balaban J connectivity index is 0. The summed E-state index contributed by atoms with van der Waals surface area (Å²) in [7, 11) is 2.25. The molecule has 0 amide bonds. The molecule has 1 N–H and O–H groups in total. The third-order valence-electron chi connectivity index (χ3n) is 0.607. The predicted octanol–water partition coefficient (Wildman–Crippen LogP) is 1.63.